The van der Waals surface area contributed by atoms with E-state index in [1.165, 1.54) is 0 Å². The van der Waals surface area contributed by atoms with E-state index in [4.69, 9.17) is 16.0 Å². The number of benzene rings is 2. The molecule has 0 radical (unpaired) electrons. The van der Waals surface area contributed by atoms with Crippen LogP contribution in [0.1, 0.15) is 35.0 Å². The second kappa shape index (κ2) is 6.16. The summed E-state index contributed by atoms with van der Waals surface area (Å²) in [4.78, 5) is 19.3. The quantitative estimate of drug-likeness (QED) is 0.786. The number of aromatic nitrogens is 1. The van der Waals surface area contributed by atoms with E-state index in [-0.39, 0.29) is 5.91 Å². The highest BCUT2D eigenvalue weighted by Gasteiger charge is 2.31. The Bertz CT molecular complexity index is 1060. The number of amides is 1. The largest absolute Gasteiger partial charge is 0.397 e. The Balaban J connectivity index is 1.91. The van der Waals surface area contributed by atoms with Crippen LogP contribution in [0.2, 0.25) is 0 Å². The molecule has 1 aliphatic heterocycles. The van der Waals surface area contributed by atoms with Crippen LogP contribution >= 0.6 is 0 Å². The third-order valence-electron chi connectivity index (χ3n) is 4.79. The van der Waals surface area contributed by atoms with E-state index < -0.39 is 0 Å². The Hall–Kier alpha value is -3.39. The number of hydrogen-bond donors (Lipinski definition) is 1. The summed E-state index contributed by atoms with van der Waals surface area (Å²) in [5.41, 5.74) is 11.5. The zero-order valence-corrected chi connectivity index (χ0v) is 14.5. The maximum Gasteiger partial charge on any atom is 0.258 e. The molecule has 2 aromatic carbocycles. The molecule has 1 aromatic heterocycles. The molecule has 2 N–H and O–H groups in total. The van der Waals surface area contributed by atoms with Crippen molar-refractivity contribution in [1.29, 1.82) is 5.26 Å². The van der Waals surface area contributed by atoms with Gasteiger partial charge < -0.3 is 10.6 Å². The van der Waals surface area contributed by atoms with Crippen LogP contribution in [0.5, 0.6) is 0 Å². The minimum absolute atomic E-state index is 0.0301. The van der Waals surface area contributed by atoms with E-state index in [9.17, 15) is 4.79 Å². The zero-order chi connectivity index (χ0) is 18.3. The Morgan fingerprint density at radius 2 is 2.00 bits per heavy atom. The van der Waals surface area contributed by atoms with E-state index in [1.807, 2.05) is 37.3 Å². The molecule has 2 heterocycles. The van der Waals surface area contributed by atoms with Crippen LogP contribution in [-0.4, -0.2) is 22.3 Å². The van der Waals surface area contributed by atoms with Crippen molar-refractivity contribution in [3.05, 3.63) is 59.3 Å². The first-order valence-corrected chi connectivity index (χ1v) is 8.65. The summed E-state index contributed by atoms with van der Waals surface area (Å²) < 4.78 is 0. The summed E-state index contributed by atoms with van der Waals surface area (Å²) in [6.07, 6.45) is 0.898. The molecule has 0 fully saturated rings. The third-order valence-corrected chi connectivity index (χ3v) is 4.79. The van der Waals surface area contributed by atoms with Gasteiger partial charge in [-0.05, 0) is 24.1 Å². The summed E-state index contributed by atoms with van der Waals surface area (Å²) in [6, 6.07) is 15.3. The molecule has 26 heavy (non-hydrogen) atoms. The summed E-state index contributed by atoms with van der Waals surface area (Å²) >= 11 is 0. The molecule has 5 nitrogen and oxygen atoms in total. The lowest BCUT2D eigenvalue weighted by Crippen LogP contribution is -2.24. The Labute approximate surface area is 151 Å². The predicted molar refractivity (Wildman–Crippen MR) is 101 cm³/mol. The van der Waals surface area contributed by atoms with Gasteiger partial charge >= 0.3 is 0 Å². The summed E-state index contributed by atoms with van der Waals surface area (Å²) in [7, 11) is 0. The molecule has 4 rings (SSSR count). The summed E-state index contributed by atoms with van der Waals surface area (Å²) in [5.74, 6) is -0.0301. The van der Waals surface area contributed by atoms with Gasteiger partial charge in [-0.2, -0.15) is 5.26 Å². The molecule has 0 spiro atoms. The molecule has 0 bridgehead atoms. The molecule has 0 saturated heterocycles. The topological polar surface area (TPSA) is 83.0 Å². The number of pyridine rings is 1. The molecule has 0 aliphatic carbocycles. The van der Waals surface area contributed by atoms with Gasteiger partial charge in [0.1, 0.15) is 0 Å². The summed E-state index contributed by atoms with van der Waals surface area (Å²) in [5, 5.41) is 9.78. The van der Waals surface area contributed by atoms with Gasteiger partial charge in [-0.25, -0.2) is 4.98 Å². The number of nitriles is 1. The zero-order valence-electron chi connectivity index (χ0n) is 14.5. The van der Waals surface area contributed by atoms with Crippen LogP contribution in [0.4, 0.5) is 5.69 Å². The number of nitrogens with zero attached hydrogens (tertiary/aromatic N) is 3. The Kier molecular flexibility index (Phi) is 3.81. The molecule has 3 aromatic rings. The van der Waals surface area contributed by atoms with Crippen molar-refractivity contribution in [2.75, 3.05) is 12.3 Å². The fourth-order valence-corrected chi connectivity index (χ4v) is 3.53. The second-order valence-corrected chi connectivity index (χ2v) is 6.46. The standard InChI is InChI=1S/C21H18N4O/c1-2-10-25-12-17-18(21(25)26)19(23)16-5-3-4-15(20(16)24-17)14-8-6-13(11-22)7-9-14/h3-9H,2,10,12H2,1H3,(H2,23,24). The molecule has 128 valence electrons. The van der Waals surface area contributed by atoms with Crippen molar-refractivity contribution < 1.29 is 4.79 Å². The third kappa shape index (κ3) is 2.39. The van der Waals surface area contributed by atoms with E-state index in [2.05, 4.69) is 6.07 Å². The van der Waals surface area contributed by atoms with Gasteiger partial charge in [0, 0.05) is 17.5 Å². The first-order chi connectivity index (χ1) is 12.6. The van der Waals surface area contributed by atoms with Gasteiger partial charge in [0.2, 0.25) is 0 Å². The maximum atomic E-state index is 12.7. The van der Waals surface area contributed by atoms with Gasteiger partial charge in [-0.3, -0.25) is 4.79 Å². The average Bonchev–Trinajstić information content (AvgIpc) is 2.98. The number of rotatable bonds is 3. The number of fused-ring (bicyclic) bond motifs is 2. The number of anilines is 1. The molecule has 0 saturated carbocycles. The van der Waals surface area contributed by atoms with Crippen LogP contribution in [0.15, 0.2) is 42.5 Å². The Morgan fingerprint density at radius 1 is 1.23 bits per heavy atom. The smallest absolute Gasteiger partial charge is 0.258 e. The van der Waals surface area contributed by atoms with Crippen molar-refractivity contribution in [2.45, 2.75) is 19.9 Å². The second-order valence-electron chi connectivity index (χ2n) is 6.46. The maximum absolute atomic E-state index is 12.7. The van der Waals surface area contributed by atoms with E-state index in [1.54, 1.807) is 17.0 Å². The fourth-order valence-electron chi connectivity index (χ4n) is 3.53. The Morgan fingerprint density at radius 3 is 2.69 bits per heavy atom. The molecular formula is C21H18N4O. The fraction of sp³-hybridized carbons (Fsp3) is 0.190. The highest BCUT2D eigenvalue weighted by Crippen LogP contribution is 2.36. The van der Waals surface area contributed by atoms with Crippen LogP contribution in [0.3, 0.4) is 0 Å². The molecule has 1 aliphatic rings. The van der Waals surface area contributed by atoms with Crippen LogP contribution in [0.25, 0.3) is 22.0 Å². The molecule has 0 atom stereocenters. The van der Waals surface area contributed by atoms with Crippen molar-refractivity contribution >= 4 is 22.5 Å². The van der Waals surface area contributed by atoms with E-state index in [0.29, 0.717) is 29.9 Å². The first-order valence-electron chi connectivity index (χ1n) is 8.65. The van der Waals surface area contributed by atoms with Crippen molar-refractivity contribution in [1.82, 2.24) is 9.88 Å². The highest BCUT2D eigenvalue weighted by molar-refractivity contribution is 6.11. The minimum Gasteiger partial charge on any atom is -0.397 e. The number of carbonyl (C=O) groups is 1. The van der Waals surface area contributed by atoms with Gasteiger partial charge in [0.15, 0.2) is 0 Å². The number of carbonyl (C=O) groups excluding carboxylic acids is 1. The van der Waals surface area contributed by atoms with Crippen LogP contribution < -0.4 is 5.73 Å². The molecule has 1 amide bonds. The number of para-hydroxylation sites is 1. The highest BCUT2D eigenvalue weighted by atomic mass is 16.2. The molecule has 5 heteroatoms. The van der Waals surface area contributed by atoms with Crippen LogP contribution in [-0.2, 0) is 6.54 Å². The van der Waals surface area contributed by atoms with E-state index in [0.717, 1.165) is 34.1 Å². The normalized spacial score (nSPS) is 13.1. The molecular weight excluding hydrogens is 324 g/mol. The van der Waals surface area contributed by atoms with Crippen molar-refractivity contribution in [3.8, 4) is 17.2 Å². The average molecular weight is 342 g/mol. The van der Waals surface area contributed by atoms with Gasteiger partial charge in [0.25, 0.3) is 5.91 Å². The number of hydrogen-bond acceptors (Lipinski definition) is 4. The molecule has 0 unspecified atom stereocenters. The summed E-state index contributed by atoms with van der Waals surface area (Å²) in [6.45, 7) is 3.25. The van der Waals surface area contributed by atoms with Gasteiger partial charge in [-0.1, -0.05) is 37.3 Å². The van der Waals surface area contributed by atoms with Gasteiger partial charge in [0.05, 0.1) is 40.6 Å². The predicted octanol–water partition coefficient (Wildman–Crippen LogP) is 3.72. The van der Waals surface area contributed by atoms with Crippen LogP contribution in [0, 0.1) is 11.3 Å². The lowest BCUT2D eigenvalue weighted by Gasteiger charge is -2.13. The number of nitrogen functional groups attached to an aromatic ring is 1. The monoisotopic (exact) mass is 342 g/mol. The minimum atomic E-state index is -0.0301. The van der Waals surface area contributed by atoms with E-state index >= 15 is 0 Å². The van der Waals surface area contributed by atoms with Gasteiger partial charge in [-0.15, -0.1) is 0 Å². The van der Waals surface area contributed by atoms with Crippen molar-refractivity contribution in [2.24, 2.45) is 0 Å². The number of nitrogens with two attached hydrogens (primary N) is 1. The SMILES string of the molecule is CCCN1Cc2nc3c(-c4ccc(C#N)cc4)cccc3c(N)c2C1=O. The lowest BCUT2D eigenvalue weighted by atomic mass is 9.98. The first kappa shape index (κ1) is 16.1. The lowest BCUT2D eigenvalue weighted by molar-refractivity contribution is 0.0779. The van der Waals surface area contributed by atoms with Crippen molar-refractivity contribution in [3.63, 3.8) is 0 Å².